The maximum Gasteiger partial charge on any atom is 0.329 e. The van der Waals surface area contributed by atoms with Gasteiger partial charge in [-0.2, -0.15) is 5.11 Å². The lowest BCUT2D eigenvalue weighted by atomic mass is 9.90. The second kappa shape index (κ2) is 10.3. The van der Waals surface area contributed by atoms with E-state index < -0.39 is 5.97 Å². The lowest BCUT2D eigenvalue weighted by Crippen LogP contribution is -2.32. The van der Waals surface area contributed by atoms with Gasteiger partial charge >= 0.3 is 5.97 Å². The molecular weight excluding hydrogens is 412 g/mol. The van der Waals surface area contributed by atoms with Gasteiger partial charge in [0.15, 0.2) is 17.5 Å². The number of nitrogens with zero attached hydrogens (tertiary/aromatic N) is 5. The van der Waals surface area contributed by atoms with Crippen LogP contribution in [-0.2, 0) is 9.53 Å². The molecule has 10 heteroatoms. The van der Waals surface area contributed by atoms with E-state index in [4.69, 9.17) is 22.1 Å². The molecule has 0 bridgehead atoms. The third-order valence-electron chi connectivity index (χ3n) is 4.57. The van der Waals surface area contributed by atoms with Crippen molar-refractivity contribution in [1.29, 1.82) is 0 Å². The first-order chi connectivity index (χ1) is 14.1. The maximum absolute atomic E-state index is 11.2. The average molecular weight is 435 g/mol. The smallest absolute Gasteiger partial charge is 0.329 e. The number of benzene rings is 1. The Bertz CT molecular complexity index is 875. The molecule has 2 N–H and O–H groups in total. The Morgan fingerprint density at radius 2 is 2.07 bits per heavy atom. The summed E-state index contributed by atoms with van der Waals surface area (Å²) in [5.41, 5.74) is 7.28. The summed E-state index contributed by atoms with van der Waals surface area (Å²) >= 11 is 7.45. The molecule has 8 nitrogen and oxygen atoms in total. The van der Waals surface area contributed by atoms with Gasteiger partial charge < -0.3 is 15.4 Å². The normalized spacial score (nSPS) is 15.8. The van der Waals surface area contributed by atoms with E-state index in [9.17, 15) is 4.79 Å². The number of nitrogens with two attached hydrogens (primary N) is 1. The Morgan fingerprint density at radius 1 is 1.34 bits per heavy atom. The third kappa shape index (κ3) is 5.98. The third-order valence-corrected chi connectivity index (χ3v) is 5.91. The summed E-state index contributed by atoms with van der Waals surface area (Å²) in [5, 5.41) is 12.7. The number of halogens is 1. The van der Waals surface area contributed by atoms with Crippen molar-refractivity contribution < 1.29 is 9.53 Å². The van der Waals surface area contributed by atoms with Gasteiger partial charge in [-0.3, -0.25) is 0 Å². The standard InChI is InChI=1S/C19H23ClN6O2S/c1-2-28-17(27)12-23-25-24-18(21)16-11-22-19(29-16)26-9-7-14(8-10-26)13-3-5-15(20)6-4-13/h3-6,11,14H,2,7-10,12H2,1H3,(H2,21,23,24). The van der Waals surface area contributed by atoms with Gasteiger partial charge in [-0.1, -0.05) is 35.1 Å². The molecule has 0 saturated carbocycles. The van der Waals surface area contributed by atoms with Crippen LogP contribution in [0.15, 0.2) is 45.9 Å². The van der Waals surface area contributed by atoms with Crippen LogP contribution in [0.2, 0.25) is 5.02 Å². The molecule has 0 amide bonds. The molecule has 0 aliphatic carbocycles. The minimum Gasteiger partial charge on any atom is -0.465 e. The van der Waals surface area contributed by atoms with Crippen molar-refractivity contribution in [2.45, 2.75) is 25.7 Å². The van der Waals surface area contributed by atoms with Crippen LogP contribution in [0.5, 0.6) is 0 Å². The van der Waals surface area contributed by atoms with E-state index in [1.165, 1.54) is 16.9 Å². The van der Waals surface area contributed by atoms with Gasteiger partial charge in [0.1, 0.15) is 0 Å². The molecule has 1 aliphatic heterocycles. The minimum atomic E-state index is -0.452. The van der Waals surface area contributed by atoms with Crippen LogP contribution in [0.25, 0.3) is 0 Å². The first kappa shape index (κ1) is 21.2. The monoisotopic (exact) mass is 434 g/mol. The van der Waals surface area contributed by atoms with Crippen molar-refractivity contribution in [2.24, 2.45) is 21.2 Å². The van der Waals surface area contributed by atoms with Gasteiger partial charge in [0, 0.05) is 18.1 Å². The number of carbonyl (C=O) groups is 1. The number of aromatic nitrogens is 1. The van der Waals surface area contributed by atoms with Crippen molar-refractivity contribution in [3.05, 3.63) is 45.9 Å². The number of carbonyl (C=O) groups excluding carboxylic acids is 1. The zero-order valence-corrected chi connectivity index (χ0v) is 17.7. The van der Waals surface area contributed by atoms with Gasteiger partial charge in [-0.15, -0.1) is 5.10 Å². The molecule has 2 heterocycles. The molecule has 1 saturated heterocycles. The molecule has 1 aromatic heterocycles. The Labute approximate surface area is 178 Å². The fourth-order valence-corrected chi connectivity index (χ4v) is 4.08. The molecule has 0 radical (unpaired) electrons. The number of hydrogen-bond acceptors (Lipinski definition) is 7. The van der Waals surface area contributed by atoms with E-state index in [1.807, 2.05) is 12.1 Å². The number of esters is 1. The second-order valence-electron chi connectivity index (χ2n) is 6.50. The van der Waals surface area contributed by atoms with Crippen LogP contribution >= 0.6 is 22.9 Å². The predicted molar refractivity (Wildman–Crippen MR) is 115 cm³/mol. The first-order valence-corrected chi connectivity index (χ1v) is 10.6. The number of piperidine rings is 1. The minimum absolute atomic E-state index is 0.179. The van der Waals surface area contributed by atoms with Crippen molar-refractivity contribution in [3.8, 4) is 0 Å². The second-order valence-corrected chi connectivity index (χ2v) is 7.94. The molecule has 2 aromatic rings. The number of hydrogen-bond donors (Lipinski definition) is 1. The van der Waals surface area contributed by atoms with Crippen molar-refractivity contribution in [1.82, 2.24) is 4.98 Å². The van der Waals surface area contributed by atoms with Gasteiger partial charge in [0.05, 0.1) is 17.7 Å². The molecule has 29 heavy (non-hydrogen) atoms. The van der Waals surface area contributed by atoms with Crippen LogP contribution in [-0.4, -0.2) is 43.0 Å². The summed E-state index contributed by atoms with van der Waals surface area (Å²) < 4.78 is 4.75. The van der Waals surface area contributed by atoms with Crippen LogP contribution in [0.3, 0.4) is 0 Å². The molecule has 0 spiro atoms. The quantitative estimate of drug-likeness (QED) is 0.234. The van der Waals surface area contributed by atoms with Crippen LogP contribution in [0.4, 0.5) is 5.13 Å². The van der Waals surface area contributed by atoms with Crippen LogP contribution in [0.1, 0.15) is 36.1 Å². The van der Waals surface area contributed by atoms with Gasteiger partial charge in [-0.05, 0) is 48.6 Å². The van der Waals surface area contributed by atoms with E-state index in [-0.39, 0.29) is 12.4 Å². The zero-order valence-electron chi connectivity index (χ0n) is 16.1. The predicted octanol–water partition coefficient (Wildman–Crippen LogP) is 3.82. The highest BCUT2D eigenvalue weighted by Gasteiger charge is 2.22. The summed E-state index contributed by atoms with van der Waals surface area (Å²) in [6.07, 6.45) is 3.80. The number of ether oxygens (including phenoxy) is 1. The summed E-state index contributed by atoms with van der Waals surface area (Å²) in [6.45, 7) is 3.71. The fraction of sp³-hybridized carbons (Fsp3) is 0.421. The SMILES string of the molecule is CCOC(=O)CN=N/N=C(\N)c1cnc(N2CCC(c3ccc(Cl)cc3)CC2)s1. The van der Waals surface area contributed by atoms with Crippen LogP contribution in [0, 0.1) is 0 Å². The average Bonchev–Trinajstić information content (AvgIpc) is 3.22. The maximum atomic E-state index is 11.2. The topological polar surface area (TPSA) is 106 Å². The highest BCUT2D eigenvalue weighted by atomic mass is 35.5. The van der Waals surface area contributed by atoms with Gasteiger partial charge in [0.25, 0.3) is 0 Å². The molecular formula is C19H23ClN6O2S. The van der Waals surface area contributed by atoms with E-state index in [2.05, 4.69) is 37.5 Å². The first-order valence-electron chi connectivity index (χ1n) is 9.39. The van der Waals surface area contributed by atoms with Crippen molar-refractivity contribution in [3.63, 3.8) is 0 Å². The molecule has 1 aliphatic rings. The Balaban J connectivity index is 1.53. The van der Waals surface area contributed by atoms with E-state index in [0.29, 0.717) is 12.5 Å². The van der Waals surface area contributed by atoms with Crippen LogP contribution < -0.4 is 10.6 Å². The van der Waals surface area contributed by atoms with E-state index in [0.717, 1.165) is 41.0 Å². The highest BCUT2D eigenvalue weighted by Crippen LogP contribution is 2.32. The lowest BCUT2D eigenvalue weighted by Gasteiger charge is -2.32. The van der Waals surface area contributed by atoms with Gasteiger partial charge in [-0.25, -0.2) is 9.78 Å². The van der Waals surface area contributed by atoms with Crippen molar-refractivity contribution >= 4 is 39.9 Å². The van der Waals surface area contributed by atoms with Gasteiger partial charge in [0.2, 0.25) is 0 Å². The van der Waals surface area contributed by atoms with E-state index >= 15 is 0 Å². The van der Waals surface area contributed by atoms with E-state index in [1.54, 1.807) is 13.1 Å². The summed E-state index contributed by atoms with van der Waals surface area (Å²) in [4.78, 5) is 18.6. The molecule has 3 rings (SSSR count). The fourth-order valence-electron chi connectivity index (χ4n) is 3.09. The molecule has 0 unspecified atom stereocenters. The number of thiazole rings is 1. The Hall–Kier alpha value is -2.52. The number of amidine groups is 1. The summed E-state index contributed by atoms with van der Waals surface area (Å²) in [6, 6.07) is 8.11. The Morgan fingerprint density at radius 3 is 2.76 bits per heavy atom. The zero-order chi connectivity index (χ0) is 20.6. The molecule has 1 aromatic carbocycles. The molecule has 154 valence electrons. The number of rotatable bonds is 7. The number of anilines is 1. The summed E-state index contributed by atoms with van der Waals surface area (Å²) in [7, 11) is 0. The summed E-state index contributed by atoms with van der Waals surface area (Å²) in [5.74, 6) is 0.305. The molecule has 0 atom stereocenters. The molecule has 1 fully saturated rings. The van der Waals surface area contributed by atoms with Crippen molar-refractivity contribution in [2.75, 3.05) is 31.1 Å². The largest absolute Gasteiger partial charge is 0.465 e. The highest BCUT2D eigenvalue weighted by molar-refractivity contribution is 7.17. The lowest BCUT2D eigenvalue weighted by molar-refractivity contribution is -0.141. The Kier molecular flexibility index (Phi) is 7.54.